The van der Waals surface area contributed by atoms with Crippen molar-refractivity contribution < 1.29 is 9.53 Å². The molecule has 0 unspecified atom stereocenters. The molecule has 0 fully saturated rings. The monoisotopic (exact) mass is 493 g/mol. The largest absolute Gasteiger partial charge is 0.490 e. The van der Waals surface area contributed by atoms with Crippen LogP contribution in [0.5, 0.6) is 5.75 Å². The highest BCUT2D eigenvalue weighted by Gasteiger charge is 2.27. The van der Waals surface area contributed by atoms with Gasteiger partial charge in [-0.2, -0.15) is 5.26 Å². The summed E-state index contributed by atoms with van der Waals surface area (Å²) in [5, 5.41) is 13.7. The van der Waals surface area contributed by atoms with Crippen molar-refractivity contribution in [3.8, 4) is 32.8 Å². The summed E-state index contributed by atoms with van der Waals surface area (Å²) in [4.78, 5) is 18.4. The number of carbonyl (C=O) groups excluding carboxylic acids is 1. The fourth-order valence-electron chi connectivity index (χ4n) is 4.70. The van der Waals surface area contributed by atoms with Crippen LogP contribution in [0.25, 0.3) is 21.0 Å². The van der Waals surface area contributed by atoms with Crippen LogP contribution in [0.3, 0.4) is 0 Å². The van der Waals surface area contributed by atoms with Gasteiger partial charge < -0.3 is 10.1 Å². The quantitative estimate of drug-likeness (QED) is 0.320. The first kappa shape index (κ1) is 23.8. The summed E-state index contributed by atoms with van der Waals surface area (Å²) in [6.45, 7) is 3.89. The second kappa shape index (κ2) is 10.3. The van der Waals surface area contributed by atoms with Crippen LogP contribution in [-0.4, -0.2) is 17.0 Å². The highest BCUT2D eigenvalue weighted by molar-refractivity contribution is 7.18. The predicted molar refractivity (Wildman–Crippen MR) is 143 cm³/mol. The van der Waals surface area contributed by atoms with Gasteiger partial charge in [-0.15, -0.1) is 11.3 Å². The highest BCUT2D eigenvalue weighted by atomic mass is 32.1. The van der Waals surface area contributed by atoms with E-state index in [9.17, 15) is 10.1 Å². The van der Waals surface area contributed by atoms with Crippen LogP contribution < -0.4 is 10.1 Å². The molecule has 0 radical (unpaired) electrons. The minimum Gasteiger partial charge on any atom is -0.490 e. The predicted octanol–water partition coefficient (Wildman–Crippen LogP) is 6.48. The van der Waals surface area contributed by atoms with Crippen LogP contribution in [0.4, 0.5) is 0 Å². The molecule has 1 amide bonds. The molecule has 4 aromatic rings. The number of ether oxygens (including phenoxy) is 1. The molecule has 1 aliphatic carbocycles. The molecule has 6 heteroatoms. The van der Waals surface area contributed by atoms with Gasteiger partial charge in [-0.25, -0.2) is 4.98 Å². The van der Waals surface area contributed by atoms with Gasteiger partial charge >= 0.3 is 0 Å². The van der Waals surface area contributed by atoms with Gasteiger partial charge in [-0.3, -0.25) is 4.79 Å². The first-order valence-electron chi connectivity index (χ1n) is 12.1. The maximum atomic E-state index is 12.7. The standard InChI is InChI=1S/C30H27N3O2S/c1-19(2)35-27-14-11-21(16-22(27)17-31)30-32-18-28(36-30)25-10-6-9-24-23(25)12-13-26(24)33-29(34)15-20-7-4-3-5-8-20/h3-11,14,16,18-19,26H,12-13,15H2,1-2H3,(H,33,34)/t26-/m1/s1. The lowest BCUT2D eigenvalue weighted by Gasteiger charge is -2.15. The second-order valence-corrected chi connectivity index (χ2v) is 10.2. The number of nitrogens with zero attached hydrogens (tertiary/aromatic N) is 2. The van der Waals surface area contributed by atoms with Crippen LogP contribution >= 0.6 is 11.3 Å². The summed E-state index contributed by atoms with van der Waals surface area (Å²) in [6.07, 6.45) is 4.09. The zero-order valence-electron chi connectivity index (χ0n) is 20.3. The fraction of sp³-hybridized carbons (Fsp3) is 0.233. The molecule has 180 valence electrons. The van der Waals surface area contributed by atoms with E-state index in [1.807, 2.05) is 68.6 Å². The number of benzene rings is 3. The summed E-state index contributed by atoms with van der Waals surface area (Å²) < 4.78 is 5.75. The van der Waals surface area contributed by atoms with Crippen molar-refractivity contribution in [2.45, 2.75) is 45.3 Å². The van der Waals surface area contributed by atoms with E-state index in [0.717, 1.165) is 39.4 Å². The van der Waals surface area contributed by atoms with Gasteiger partial charge in [0, 0.05) is 11.8 Å². The van der Waals surface area contributed by atoms with Crippen LogP contribution in [0.1, 0.15) is 48.6 Å². The van der Waals surface area contributed by atoms with E-state index >= 15 is 0 Å². The van der Waals surface area contributed by atoms with E-state index in [4.69, 9.17) is 4.74 Å². The molecular weight excluding hydrogens is 466 g/mol. The number of thiazole rings is 1. The van der Waals surface area contributed by atoms with E-state index in [1.165, 1.54) is 11.1 Å². The molecule has 0 saturated carbocycles. The van der Waals surface area contributed by atoms with Gasteiger partial charge in [-0.05, 0) is 67.1 Å². The number of fused-ring (bicyclic) bond motifs is 1. The Kier molecular flexibility index (Phi) is 6.84. The van der Waals surface area contributed by atoms with E-state index < -0.39 is 0 Å². The zero-order chi connectivity index (χ0) is 25.1. The molecule has 36 heavy (non-hydrogen) atoms. The van der Waals surface area contributed by atoms with Crippen molar-refractivity contribution in [2.75, 3.05) is 0 Å². The van der Waals surface area contributed by atoms with Crippen molar-refractivity contribution in [1.29, 1.82) is 5.26 Å². The van der Waals surface area contributed by atoms with Crippen molar-refractivity contribution in [2.24, 2.45) is 0 Å². The molecule has 1 heterocycles. The van der Waals surface area contributed by atoms with Crippen LogP contribution in [0, 0.1) is 11.3 Å². The van der Waals surface area contributed by atoms with Gasteiger partial charge in [0.05, 0.1) is 29.0 Å². The summed E-state index contributed by atoms with van der Waals surface area (Å²) in [5.74, 6) is 0.636. The van der Waals surface area contributed by atoms with Crippen LogP contribution in [0.2, 0.25) is 0 Å². The first-order valence-corrected chi connectivity index (χ1v) is 13.0. The molecule has 5 rings (SSSR count). The zero-order valence-corrected chi connectivity index (χ0v) is 21.1. The average Bonchev–Trinajstić information content (AvgIpc) is 3.52. The van der Waals surface area contributed by atoms with E-state index in [0.29, 0.717) is 17.7 Å². The van der Waals surface area contributed by atoms with Crippen molar-refractivity contribution in [3.05, 3.63) is 95.2 Å². The molecule has 1 aliphatic rings. The van der Waals surface area contributed by atoms with Gasteiger partial charge in [0.1, 0.15) is 16.8 Å². The average molecular weight is 494 g/mol. The van der Waals surface area contributed by atoms with Gasteiger partial charge in [0.2, 0.25) is 5.91 Å². The fourth-order valence-corrected chi connectivity index (χ4v) is 5.67. The van der Waals surface area contributed by atoms with Gasteiger partial charge in [0.25, 0.3) is 0 Å². The molecule has 0 aliphatic heterocycles. The number of hydrogen-bond donors (Lipinski definition) is 1. The Bertz CT molecular complexity index is 1440. The maximum Gasteiger partial charge on any atom is 0.224 e. The smallest absolute Gasteiger partial charge is 0.224 e. The Morgan fingerprint density at radius 2 is 2.00 bits per heavy atom. The number of nitriles is 1. The van der Waals surface area contributed by atoms with E-state index in [2.05, 4.69) is 34.6 Å². The number of amides is 1. The third kappa shape index (κ3) is 5.02. The minimum absolute atomic E-state index is 0.00143. The summed E-state index contributed by atoms with van der Waals surface area (Å²) in [6, 6.07) is 24.0. The second-order valence-electron chi connectivity index (χ2n) is 9.21. The first-order chi connectivity index (χ1) is 17.5. The Hall–Kier alpha value is -3.95. The lowest BCUT2D eigenvalue weighted by atomic mass is 10.0. The van der Waals surface area contributed by atoms with Gasteiger partial charge in [0.15, 0.2) is 0 Å². The third-order valence-corrected chi connectivity index (χ3v) is 7.37. The minimum atomic E-state index is 0.00143. The van der Waals surface area contributed by atoms with Crippen molar-refractivity contribution in [3.63, 3.8) is 0 Å². The number of nitrogens with one attached hydrogen (secondary N) is 1. The Morgan fingerprint density at radius 1 is 1.17 bits per heavy atom. The van der Waals surface area contributed by atoms with Crippen molar-refractivity contribution in [1.82, 2.24) is 10.3 Å². The topological polar surface area (TPSA) is 75.0 Å². The Labute approximate surface area is 215 Å². The van der Waals surface area contributed by atoms with Crippen LogP contribution in [-0.2, 0) is 17.6 Å². The summed E-state index contributed by atoms with van der Waals surface area (Å²) in [5.41, 5.74) is 6.05. The molecule has 1 aromatic heterocycles. The highest BCUT2D eigenvalue weighted by Crippen LogP contribution is 2.41. The normalized spacial score (nSPS) is 14.3. The maximum absolute atomic E-state index is 12.7. The molecule has 1 N–H and O–H groups in total. The van der Waals surface area contributed by atoms with Gasteiger partial charge in [-0.1, -0.05) is 48.5 Å². The molecule has 0 bridgehead atoms. The van der Waals surface area contributed by atoms with Crippen LogP contribution in [0.15, 0.2) is 72.9 Å². The molecular formula is C30H27N3O2S. The number of rotatable bonds is 7. The molecule has 0 spiro atoms. The number of aromatic nitrogens is 1. The lowest BCUT2D eigenvalue weighted by Crippen LogP contribution is -2.28. The number of hydrogen-bond acceptors (Lipinski definition) is 5. The third-order valence-electron chi connectivity index (χ3n) is 6.29. The Morgan fingerprint density at radius 3 is 2.78 bits per heavy atom. The molecule has 5 nitrogen and oxygen atoms in total. The molecule has 1 atom stereocenters. The molecule has 3 aromatic carbocycles. The van der Waals surface area contributed by atoms with E-state index in [-0.39, 0.29) is 18.1 Å². The summed E-state index contributed by atoms with van der Waals surface area (Å²) >= 11 is 1.61. The molecule has 0 saturated heterocycles. The summed E-state index contributed by atoms with van der Waals surface area (Å²) in [7, 11) is 0. The van der Waals surface area contributed by atoms with Crippen molar-refractivity contribution >= 4 is 17.2 Å². The lowest BCUT2D eigenvalue weighted by molar-refractivity contribution is -0.121. The number of carbonyl (C=O) groups is 1. The Balaban J connectivity index is 1.36. The van der Waals surface area contributed by atoms with E-state index in [1.54, 1.807) is 11.3 Å². The SMILES string of the molecule is CC(C)Oc1ccc(-c2ncc(-c3cccc4c3CC[C@H]4NC(=O)Cc3ccccc3)s2)cc1C#N.